The summed E-state index contributed by atoms with van der Waals surface area (Å²) in [6.45, 7) is 0. The third kappa shape index (κ3) is 6.82. The molecule has 0 saturated heterocycles. The van der Waals surface area contributed by atoms with Crippen molar-refractivity contribution in [2.75, 3.05) is 5.32 Å². The first kappa shape index (κ1) is 28.2. The van der Waals surface area contributed by atoms with E-state index in [4.69, 9.17) is 11.1 Å². The predicted molar refractivity (Wildman–Crippen MR) is 153 cm³/mol. The SMILES string of the molecule is N=C(N)c1ccc(NC(=O)c2ccccc2-c2ccc(C(=O)NC(Cc3ccccc3)C(=O)O)cc2C(=O)O)cc1. The molecule has 2 amide bonds. The van der Waals surface area contributed by atoms with Gasteiger partial charge < -0.3 is 26.6 Å². The molecular weight excluding hydrogens is 524 g/mol. The zero-order valence-electron chi connectivity index (χ0n) is 21.6. The van der Waals surface area contributed by atoms with Gasteiger partial charge in [-0.05, 0) is 59.2 Å². The Morgan fingerprint density at radius 3 is 1.98 bits per heavy atom. The third-order valence-electron chi connectivity index (χ3n) is 6.31. The number of amides is 2. The summed E-state index contributed by atoms with van der Waals surface area (Å²) in [5.74, 6) is -3.92. The van der Waals surface area contributed by atoms with Crippen molar-refractivity contribution in [1.82, 2.24) is 5.32 Å². The largest absolute Gasteiger partial charge is 0.480 e. The van der Waals surface area contributed by atoms with Crippen LogP contribution in [0.3, 0.4) is 0 Å². The van der Waals surface area contributed by atoms with Gasteiger partial charge in [0.15, 0.2) is 0 Å². The van der Waals surface area contributed by atoms with Crippen LogP contribution in [0.5, 0.6) is 0 Å². The second-order valence-corrected chi connectivity index (χ2v) is 9.11. The van der Waals surface area contributed by atoms with Crippen LogP contribution in [-0.2, 0) is 11.2 Å². The number of nitrogen functional groups attached to an aromatic ring is 1. The molecule has 0 spiro atoms. The topological polar surface area (TPSA) is 183 Å². The van der Waals surface area contributed by atoms with Crippen LogP contribution >= 0.6 is 0 Å². The maximum Gasteiger partial charge on any atom is 0.336 e. The number of benzene rings is 4. The third-order valence-corrected chi connectivity index (χ3v) is 6.31. The molecule has 206 valence electrons. The Labute approximate surface area is 235 Å². The van der Waals surface area contributed by atoms with Crippen LogP contribution in [0.15, 0.2) is 97.1 Å². The maximum atomic E-state index is 13.2. The molecular formula is C31H26N4O6. The van der Waals surface area contributed by atoms with Crippen molar-refractivity contribution in [2.45, 2.75) is 12.5 Å². The van der Waals surface area contributed by atoms with E-state index in [2.05, 4.69) is 10.6 Å². The number of hydrogen-bond donors (Lipinski definition) is 6. The summed E-state index contributed by atoms with van der Waals surface area (Å²) in [6, 6.07) is 24.3. The van der Waals surface area contributed by atoms with Crippen molar-refractivity contribution in [3.8, 4) is 11.1 Å². The maximum absolute atomic E-state index is 13.2. The zero-order chi connectivity index (χ0) is 29.5. The number of aliphatic carboxylic acids is 1. The number of carboxylic acid groups (broad SMARTS) is 2. The van der Waals surface area contributed by atoms with Crippen molar-refractivity contribution < 1.29 is 29.4 Å². The molecule has 10 nitrogen and oxygen atoms in total. The molecule has 0 aromatic heterocycles. The number of amidine groups is 1. The summed E-state index contributed by atoms with van der Waals surface area (Å²) < 4.78 is 0. The minimum absolute atomic E-state index is 0.0436. The first-order valence-corrected chi connectivity index (χ1v) is 12.4. The van der Waals surface area contributed by atoms with Gasteiger partial charge in [0.2, 0.25) is 0 Å². The normalized spacial score (nSPS) is 11.2. The highest BCUT2D eigenvalue weighted by atomic mass is 16.4. The fraction of sp³-hybridized carbons (Fsp3) is 0.0645. The standard InChI is InChI=1S/C31H26N4O6/c32-27(33)19-10-13-21(14-11-19)34-29(37)24-9-5-4-8-22(24)23-15-12-20(17-25(23)30(38)39)28(36)35-26(31(40)41)16-18-6-2-1-3-7-18/h1-15,17,26H,16H2,(H3,32,33)(H,34,37)(H,35,36)(H,38,39)(H,40,41). The number of carbonyl (C=O) groups is 4. The predicted octanol–water partition coefficient (Wildman–Crippen LogP) is 4.01. The molecule has 4 aromatic rings. The van der Waals surface area contributed by atoms with E-state index >= 15 is 0 Å². The highest BCUT2D eigenvalue weighted by molar-refractivity contribution is 6.11. The second kappa shape index (κ2) is 12.4. The van der Waals surface area contributed by atoms with Crippen molar-refractivity contribution >= 4 is 35.3 Å². The summed E-state index contributed by atoms with van der Waals surface area (Å²) >= 11 is 0. The van der Waals surface area contributed by atoms with Crippen molar-refractivity contribution in [3.63, 3.8) is 0 Å². The van der Waals surface area contributed by atoms with Crippen LogP contribution < -0.4 is 16.4 Å². The molecule has 1 unspecified atom stereocenters. The Bertz CT molecular complexity index is 1630. The molecule has 0 heterocycles. The lowest BCUT2D eigenvalue weighted by Crippen LogP contribution is -2.42. The van der Waals surface area contributed by atoms with Gasteiger partial charge >= 0.3 is 11.9 Å². The van der Waals surface area contributed by atoms with Gasteiger partial charge in [-0.1, -0.05) is 54.6 Å². The molecule has 10 heteroatoms. The molecule has 0 aliphatic carbocycles. The first-order valence-electron chi connectivity index (χ1n) is 12.4. The molecule has 4 rings (SSSR count). The zero-order valence-corrected chi connectivity index (χ0v) is 21.6. The number of carboxylic acids is 2. The number of rotatable bonds is 10. The van der Waals surface area contributed by atoms with Crippen LogP contribution in [0, 0.1) is 5.41 Å². The Kier molecular flexibility index (Phi) is 8.54. The van der Waals surface area contributed by atoms with E-state index in [0.29, 0.717) is 22.4 Å². The highest BCUT2D eigenvalue weighted by Crippen LogP contribution is 2.29. The van der Waals surface area contributed by atoms with E-state index in [1.165, 1.54) is 12.1 Å². The Morgan fingerprint density at radius 2 is 1.34 bits per heavy atom. The average molecular weight is 551 g/mol. The summed E-state index contributed by atoms with van der Waals surface area (Å²) in [6.07, 6.45) is 0.0474. The smallest absolute Gasteiger partial charge is 0.336 e. The van der Waals surface area contributed by atoms with Gasteiger partial charge in [0.05, 0.1) is 5.56 Å². The lowest BCUT2D eigenvalue weighted by atomic mass is 9.93. The molecule has 0 saturated carbocycles. The van der Waals surface area contributed by atoms with Crippen LogP contribution in [0.2, 0.25) is 0 Å². The van der Waals surface area contributed by atoms with Gasteiger partial charge in [-0.2, -0.15) is 0 Å². The quantitative estimate of drug-likeness (QED) is 0.127. The molecule has 0 fully saturated rings. The number of anilines is 1. The fourth-order valence-electron chi connectivity index (χ4n) is 4.24. The Hall–Kier alpha value is -5.77. The second-order valence-electron chi connectivity index (χ2n) is 9.11. The summed E-state index contributed by atoms with van der Waals surface area (Å²) in [5, 5.41) is 32.3. The van der Waals surface area contributed by atoms with Gasteiger partial charge in [-0.3, -0.25) is 15.0 Å². The minimum Gasteiger partial charge on any atom is -0.480 e. The van der Waals surface area contributed by atoms with E-state index in [0.717, 1.165) is 6.07 Å². The molecule has 0 aliphatic rings. The fourth-order valence-corrected chi connectivity index (χ4v) is 4.24. The van der Waals surface area contributed by atoms with E-state index in [1.807, 2.05) is 0 Å². The number of nitrogens with one attached hydrogen (secondary N) is 3. The van der Waals surface area contributed by atoms with E-state index in [9.17, 15) is 29.4 Å². The number of carbonyl (C=O) groups excluding carboxylic acids is 2. The van der Waals surface area contributed by atoms with Crippen molar-refractivity contribution in [2.24, 2.45) is 5.73 Å². The van der Waals surface area contributed by atoms with Gasteiger partial charge in [-0.15, -0.1) is 0 Å². The molecule has 7 N–H and O–H groups in total. The summed E-state index contributed by atoms with van der Waals surface area (Å²) in [5.41, 5.74) is 7.56. The van der Waals surface area contributed by atoms with Crippen LogP contribution in [-0.4, -0.2) is 45.8 Å². The number of hydrogen-bond acceptors (Lipinski definition) is 5. The monoisotopic (exact) mass is 550 g/mol. The molecule has 0 radical (unpaired) electrons. The van der Waals surface area contributed by atoms with Gasteiger partial charge in [0, 0.05) is 28.8 Å². The van der Waals surface area contributed by atoms with E-state index < -0.39 is 29.8 Å². The molecule has 4 aromatic carbocycles. The average Bonchev–Trinajstić information content (AvgIpc) is 2.97. The van der Waals surface area contributed by atoms with Crippen molar-refractivity contribution in [3.05, 3.63) is 125 Å². The lowest BCUT2D eigenvalue weighted by molar-refractivity contribution is -0.139. The van der Waals surface area contributed by atoms with Gasteiger partial charge in [0.25, 0.3) is 11.8 Å². The Balaban J connectivity index is 1.61. The number of aromatic carboxylic acids is 1. The van der Waals surface area contributed by atoms with Gasteiger partial charge in [-0.25, -0.2) is 9.59 Å². The minimum atomic E-state index is -1.33. The summed E-state index contributed by atoms with van der Waals surface area (Å²) in [4.78, 5) is 50.2. The molecule has 41 heavy (non-hydrogen) atoms. The van der Waals surface area contributed by atoms with Gasteiger partial charge in [0.1, 0.15) is 11.9 Å². The van der Waals surface area contributed by atoms with Crippen molar-refractivity contribution in [1.29, 1.82) is 5.41 Å². The lowest BCUT2D eigenvalue weighted by Gasteiger charge is -2.16. The van der Waals surface area contributed by atoms with E-state index in [1.54, 1.807) is 78.9 Å². The van der Waals surface area contributed by atoms with Crippen LogP contribution in [0.4, 0.5) is 5.69 Å². The highest BCUT2D eigenvalue weighted by Gasteiger charge is 2.24. The molecule has 0 bridgehead atoms. The number of nitrogens with two attached hydrogens (primary N) is 1. The van der Waals surface area contributed by atoms with Crippen LogP contribution in [0.1, 0.15) is 42.2 Å². The Morgan fingerprint density at radius 1 is 0.732 bits per heavy atom. The first-order chi connectivity index (χ1) is 19.6. The molecule has 0 aliphatic heterocycles. The van der Waals surface area contributed by atoms with Crippen LogP contribution in [0.25, 0.3) is 11.1 Å². The van der Waals surface area contributed by atoms with E-state index in [-0.39, 0.29) is 34.5 Å². The summed E-state index contributed by atoms with van der Waals surface area (Å²) in [7, 11) is 0. The molecule has 1 atom stereocenters.